The minimum Gasteiger partial charge on any atom is -0.480 e. The first-order valence-corrected chi connectivity index (χ1v) is 10.6. The predicted octanol–water partition coefficient (Wildman–Crippen LogP) is 6.18. The van der Waals surface area contributed by atoms with Gasteiger partial charge in [0.1, 0.15) is 17.5 Å². The van der Waals surface area contributed by atoms with Gasteiger partial charge in [-0.2, -0.15) is 0 Å². The quantitative estimate of drug-likeness (QED) is 0.244. The number of carboxylic acid groups (broad SMARTS) is 1. The molecule has 0 saturated carbocycles. The van der Waals surface area contributed by atoms with Crippen LogP contribution in [0.5, 0.6) is 0 Å². The summed E-state index contributed by atoms with van der Waals surface area (Å²) < 4.78 is 14.8. The first-order valence-electron chi connectivity index (χ1n) is 10.6. The molecule has 0 spiro atoms. The lowest BCUT2D eigenvalue weighted by molar-refractivity contribution is -0.383. The van der Waals surface area contributed by atoms with E-state index >= 15 is 0 Å². The van der Waals surface area contributed by atoms with Crippen LogP contribution >= 0.6 is 0 Å². The van der Waals surface area contributed by atoms with Gasteiger partial charge in [0.05, 0.1) is 4.92 Å². The molecule has 170 valence electrons. The van der Waals surface area contributed by atoms with Crippen LogP contribution in [0, 0.1) is 15.9 Å². The molecule has 0 aliphatic carbocycles. The molecule has 0 amide bonds. The maximum Gasteiger partial charge on any atom is 0.326 e. The molecule has 0 aromatic heterocycles. The summed E-state index contributed by atoms with van der Waals surface area (Å²) in [5.74, 6) is -1.57. The van der Waals surface area contributed by atoms with E-state index in [1.165, 1.54) is 18.2 Å². The fraction of sp³-hybridized carbons (Fsp3) is 0.0741. The van der Waals surface area contributed by atoms with Gasteiger partial charge in [-0.25, -0.2) is 9.18 Å². The van der Waals surface area contributed by atoms with Crippen molar-refractivity contribution >= 4 is 17.3 Å². The second kappa shape index (κ2) is 9.95. The van der Waals surface area contributed by atoms with Crippen molar-refractivity contribution in [2.45, 2.75) is 12.5 Å². The molecular weight excluding hydrogens is 435 g/mol. The Morgan fingerprint density at radius 3 is 2.12 bits per heavy atom. The van der Waals surface area contributed by atoms with E-state index in [1.807, 2.05) is 24.3 Å². The van der Waals surface area contributed by atoms with Crippen molar-refractivity contribution in [3.8, 4) is 22.3 Å². The van der Waals surface area contributed by atoms with Gasteiger partial charge >= 0.3 is 5.97 Å². The van der Waals surface area contributed by atoms with Crippen LogP contribution in [0.15, 0.2) is 97.1 Å². The average Bonchev–Trinajstić information content (AvgIpc) is 2.84. The van der Waals surface area contributed by atoms with Gasteiger partial charge < -0.3 is 10.4 Å². The largest absolute Gasteiger partial charge is 0.480 e. The van der Waals surface area contributed by atoms with Gasteiger partial charge in [0, 0.05) is 18.1 Å². The zero-order valence-electron chi connectivity index (χ0n) is 18.0. The van der Waals surface area contributed by atoms with Crippen LogP contribution in [-0.2, 0) is 11.2 Å². The summed E-state index contributed by atoms with van der Waals surface area (Å²) in [6.07, 6.45) is 0.154. The number of anilines is 1. The molecule has 0 heterocycles. The number of carboxylic acids is 1. The normalized spacial score (nSPS) is 11.6. The topological polar surface area (TPSA) is 92.5 Å². The molecule has 0 aliphatic heterocycles. The summed E-state index contributed by atoms with van der Waals surface area (Å²) in [6.45, 7) is 0. The van der Waals surface area contributed by atoms with Gasteiger partial charge in [-0.1, -0.05) is 78.9 Å². The van der Waals surface area contributed by atoms with E-state index in [-0.39, 0.29) is 17.8 Å². The molecule has 4 aromatic carbocycles. The molecule has 1 unspecified atom stereocenters. The molecule has 2 N–H and O–H groups in total. The van der Waals surface area contributed by atoms with Crippen LogP contribution < -0.4 is 5.32 Å². The third kappa shape index (κ3) is 5.10. The maximum atomic E-state index is 14.8. The smallest absolute Gasteiger partial charge is 0.326 e. The van der Waals surface area contributed by atoms with E-state index in [9.17, 15) is 24.4 Å². The first-order chi connectivity index (χ1) is 16.4. The van der Waals surface area contributed by atoms with Gasteiger partial charge in [0.2, 0.25) is 0 Å². The molecule has 34 heavy (non-hydrogen) atoms. The molecule has 0 saturated heterocycles. The van der Waals surface area contributed by atoms with Crippen molar-refractivity contribution in [1.82, 2.24) is 0 Å². The van der Waals surface area contributed by atoms with E-state index in [2.05, 4.69) is 5.32 Å². The lowest BCUT2D eigenvalue weighted by Gasteiger charge is -2.16. The van der Waals surface area contributed by atoms with Crippen molar-refractivity contribution in [2.24, 2.45) is 0 Å². The van der Waals surface area contributed by atoms with Crippen molar-refractivity contribution in [1.29, 1.82) is 0 Å². The summed E-state index contributed by atoms with van der Waals surface area (Å²) >= 11 is 0. The highest BCUT2D eigenvalue weighted by molar-refractivity contribution is 5.81. The highest BCUT2D eigenvalue weighted by Gasteiger charge is 2.23. The first kappa shape index (κ1) is 22.7. The second-order valence-electron chi connectivity index (χ2n) is 7.77. The molecule has 6 nitrogen and oxygen atoms in total. The highest BCUT2D eigenvalue weighted by atomic mass is 19.1. The molecular formula is C27H21FN2O4. The number of benzene rings is 4. The molecule has 7 heteroatoms. The summed E-state index contributed by atoms with van der Waals surface area (Å²) in [6, 6.07) is 26.1. The fourth-order valence-corrected chi connectivity index (χ4v) is 3.77. The third-order valence-electron chi connectivity index (χ3n) is 5.49. The second-order valence-corrected chi connectivity index (χ2v) is 7.77. The number of nitro benzene ring substituents is 1. The van der Waals surface area contributed by atoms with Crippen LogP contribution in [-0.4, -0.2) is 22.0 Å². The van der Waals surface area contributed by atoms with Gasteiger partial charge in [-0.3, -0.25) is 10.1 Å². The number of hydrogen-bond donors (Lipinski definition) is 2. The highest BCUT2D eigenvalue weighted by Crippen LogP contribution is 2.33. The summed E-state index contributed by atoms with van der Waals surface area (Å²) in [5, 5.41) is 24.2. The molecule has 4 rings (SSSR count). The van der Waals surface area contributed by atoms with Crippen LogP contribution in [0.4, 0.5) is 15.8 Å². The van der Waals surface area contributed by atoms with E-state index < -0.39 is 22.8 Å². The van der Waals surface area contributed by atoms with Crippen molar-refractivity contribution in [3.63, 3.8) is 0 Å². The van der Waals surface area contributed by atoms with Crippen LogP contribution in [0.1, 0.15) is 5.56 Å². The molecule has 0 fully saturated rings. The predicted molar refractivity (Wildman–Crippen MR) is 129 cm³/mol. The minimum atomic E-state index is -1.12. The summed E-state index contributed by atoms with van der Waals surface area (Å²) in [7, 11) is 0. The summed E-state index contributed by atoms with van der Waals surface area (Å²) in [5.41, 5.74) is 2.67. The standard InChI is InChI=1S/C27H21FN2O4/c28-23-16-20(11-13-22(23)19-9-5-2-6-10-19)21-12-14-24(26(17-21)30(33)34)29-25(27(31)32)15-18-7-3-1-4-8-18/h1-14,16-17,25,29H,15H2,(H,31,32). The maximum absolute atomic E-state index is 14.8. The lowest BCUT2D eigenvalue weighted by atomic mass is 9.99. The Morgan fingerprint density at radius 2 is 1.50 bits per heavy atom. The van der Waals surface area contributed by atoms with Crippen LogP contribution in [0.3, 0.4) is 0 Å². The number of rotatable bonds is 8. The SMILES string of the molecule is O=C(O)C(Cc1ccccc1)Nc1ccc(-c2ccc(-c3ccccc3)c(F)c2)cc1[N+](=O)[O-]. The number of nitro groups is 1. The van der Waals surface area contributed by atoms with Crippen LogP contribution in [0.25, 0.3) is 22.3 Å². The number of nitrogens with zero attached hydrogens (tertiary/aromatic N) is 1. The zero-order chi connectivity index (χ0) is 24.1. The fourth-order valence-electron chi connectivity index (χ4n) is 3.77. The van der Waals surface area contributed by atoms with E-state index in [4.69, 9.17) is 0 Å². The van der Waals surface area contributed by atoms with Gasteiger partial charge in [-0.05, 0) is 34.4 Å². The van der Waals surface area contributed by atoms with E-state index in [1.54, 1.807) is 54.6 Å². The van der Waals surface area contributed by atoms with Crippen molar-refractivity contribution in [2.75, 3.05) is 5.32 Å². The van der Waals surface area contributed by atoms with Gasteiger partial charge in [0.15, 0.2) is 0 Å². The van der Waals surface area contributed by atoms with Crippen molar-refractivity contribution < 1.29 is 19.2 Å². The van der Waals surface area contributed by atoms with Crippen molar-refractivity contribution in [3.05, 3.63) is 119 Å². The number of aliphatic carboxylic acids is 1. The van der Waals surface area contributed by atoms with Gasteiger partial charge in [0.25, 0.3) is 5.69 Å². The molecule has 0 aliphatic rings. The van der Waals surface area contributed by atoms with E-state index in [0.717, 1.165) is 11.1 Å². The molecule has 4 aromatic rings. The Morgan fingerprint density at radius 1 is 0.882 bits per heavy atom. The minimum absolute atomic E-state index is 0.0819. The van der Waals surface area contributed by atoms with Crippen LogP contribution in [0.2, 0.25) is 0 Å². The Balaban J connectivity index is 1.63. The lowest BCUT2D eigenvalue weighted by Crippen LogP contribution is -2.31. The number of carbonyl (C=O) groups is 1. The Kier molecular flexibility index (Phi) is 6.64. The Labute approximate surface area is 195 Å². The third-order valence-corrected chi connectivity index (χ3v) is 5.49. The monoisotopic (exact) mass is 456 g/mol. The number of hydrogen-bond acceptors (Lipinski definition) is 4. The number of halogens is 1. The Hall–Kier alpha value is -4.52. The molecule has 0 bridgehead atoms. The summed E-state index contributed by atoms with van der Waals surface area (Å²) in [4.78, 5) is 23.0. The molecule has 1 atom stereocenters. The number of nitrogens with one attached hydrogen (secondary N) is 1. The average molecular weight is 456 g/mol. The van der Waals surface area contributed by atoms with Gasteiger partial charge in [-0.15, -0.1) is 0 Å². The Bertz CT molecular complexity index is 1330. The zero-order valence-corrected chi connectivity index (χ0v) is 18.0. The van der Waals surface area contributed by atoms with E-state index in [0.29, 0.717) is 16.7 Å². The molecule has 0 radical (unpaired) electrons.